The van der Waals surface area contributed by atoms with Crippen LogP contribution in [0.15, 0.2) is 60.7 Å². The molecule has 0 aromatic heterocycles. The van der Waals surface area contributed by atoms with Crippen molar-refractivity contribution >= 4 is 28.2 Å². The van der Waals surface area contributed by atoms with E-state index >= 15 is 0 Å². The van der Waals surface area contributed by atoms with Crippen LogP contribution in [0.2, 0.25) is 0 Å². The number of hydrogen-bond donors (Lipinski definition) is 3. The Labute approximate surface area is 128 Å². The normalized spacial score (nSPS) is 10.4. The van der Waals surface area contributed by atoms with Gasteiger partial charge < -0.3 is 15.7 Å². The van der Waals surface area contributed by atoms with Gasteiger partial charge in [0, 0.05) is 11.1 Å². The zero-order valence-electron chi connectivity index (χ0n) is 12.1. The van der Waals surface area contributed by atoms with Crippen LogP contribution < -0.4 is 10.6 Å². The molecule has 0 aliphatic heterocycles. The van der Waals surface area contributed by atoms with Gasteiger partial charge >= 0.3 is 6.03 Å². The van der Waals surface area contributed by atoms with Crippen LogP contribution in [0.5, 0.6) is 5.75 Å². The Hall–Kier alpha value is -3.01. The molecule has 4 heteroatoms. The number of nitrogens with one attached hydrogen (secondary N) is 2. The zero-order valence-corrected chi connectivity index (χ0v) is 12.1. The Kier molecular flexibility index (Phi) is 3.66. The smallest absolute Gasteiger partial charge is 0.323 e. The third-order valence-electron chi connectivity index (χ3n) is 3.39. The molecule has 2 amide bonds. The standard InChI is InChI=1S/C18H16N2O2/c1-12-4-2-6-14(10-12)19-18(22)20-17-7-3-5-13-11-15(21)8-9-16(13)17/h2-11,21H,1H3,(H2,19,20,22). The van der Waals surface area contributed by atoms with Crippen LogP contribution in [0.1, 0.15) is 5.56 Å². The van der Waals surface area contributed by atoms with E-state index in [2.05, 4.69) is 10.6 Å². The van der Waals surface area contributed by atoms with Gasteiger partial charge in [-0.25, -0.2) is 4.79 Å². The first-order valence-corrected chi connectivity index (χ1v) is 6.98. The van der Waals surface area contributed by atoms with Gasteiger partial charge in [0.1, 0.15) is 5.75 Å². The van der Waals surface area contributed by atoms with Crippen molar-refractivity contribution < 1.29 is 9.90 Å². The van der Waals surface area contributed by atoms with E-state index in [1.165, 1.54) is 0 Å². The summed E-state index contributed by atoms with van der Waals surface area (Å²) in [6, 6.07) is 17.9. The fourth-order valence-electron chi connectivity index (χ4n) is 2.39. The number of fused-ring (bicyclic) bond motifs is 1. The maximum atomic E-state index is 12.1. The summed E-state index contributed by atoms with van der Waals surface area (Å²) in [5.41, 5.74) is 2.52. The van der Waals surface area contributed by atoms with E-state index in [-0.39, 0.29) is 11.8 Å². The Bertz CT molecular complexity index is 843. The maximum absolute atomic E-state index is 12.1. The fraction of sp³-hybridized carbons (Fsp3) is 0.0556. The molecule has 3 rings (SSSR count). The lowest BCUT2D eigenvalue weighted by Gasteiger charge is -2.10. The first-order valence-electron chi connectivity index (χ1n) is 6.98. The first-order chi connectivity index (χ1) is 10.6. The van der Waals surface area contributed by atoms with E-state index in [0.29, 0.717) is 5.69 Å². The summed E-state index contributed by atoms with van der Waals surface area (Å²) in [7, 11) is 0. The number of anilines is 2. The number of carbonyl (C=O) groups is 1. The monoisotopic (exact) mass is 292 g/mol. The second kappa shape index (κ2) is 5.77. The Morgan fingerprint density at radius 3 is 2.59 bits per heavy atom. The predicted molar refractivity (Wildman–Crippen MR) is 89.4 cm³/mol. The fourth-order valence-corrected chi connectivity index (χ4v) is 2.39. The highest BCUT2D eigenvalue weighted by atomic mass is 16.3. The topological polar surface area (TPSA) is 61.4 Å². The van der Waals surface area contributed by atoms with Crippen LogP contribution in [-0.2, 0) is 0 Å². The second-order valence-electron chi connectivity index (χ2n) is 5.16. The molecule has 4 nitrogen and oxygen atoms in total. The van der Waals surface area contributed by atoms with E-state index in [1.807, 2.05) is 49.4 Å². The van der Waals surface area contributed by atoms with Crippen LogP contribution in [-0.4, -0.2) is 11.1 Å². The van der Waals surface area contributed by atoms with Gasteiger partial charge in [-0.05, 0) is 54.3 Å². The number of phenolic OH excluding ortho intramolecular Hbond substituents is 1. The van der Waals surface area contributed by atoms with Crippen molar-refractivity contribution in [1.82, 2.24) is 0 Å². The number of phenols is 1. The quantitative estimate of drug-likeness (QED) is 0.651. The highest BCUT2D eigenvalue weighted by Gasteiger charge is 2.06. The zero-order chi connectivity index (χ0) is 15.5. The van der Waals surface area contributed by atoms with Crippen molar-refractivity contribution in [3.05, 3.63) is 66.2 Å². The minimum Gasteiger partial charge on any atom is -0.508 e. The number of rotatable bonds is 2. The molecule has 110 valence electrons. The SMILES string of the molecule is Cc1cccc(NC(=O)Nc2cccc3cc(O)ccc23)c1. The molecule has 0 fully saturated rings. The molecule has 0 saturated carbocycles. The summed E-state index contributed by atoms with van der Waals surface area (Å²) in [5, 5.41) is 16.9. The lowest BCUT2D eigenvalue weighted by Crippen LogP contribution is -2.19. The molecule has 0 heterocycles. The van der Waals surface area contributed by atoms with E-state index in [1.54, 1.807) is 18.2 Å². The van der Waals surface area contributed by atoms with E-state index < -0.39 is 0 Å². The van der Waals surface area contributed by atoms with Crippen LogP contribution in [0.3, 0.4) is 0 Å². The second-order valence-corrected chi connectivity index (χ2v) is 5.16. The van der Waals surface area contributed by atoms with Gasteiger partial charge in [-0.15, -0.1) is 0 Å². The lowest BCUT2D eigenvalue weighted by atomic mass is 10.1. The molecule has 3 aromatic rings. The number of aromatic hydroxyl groups is 1. The summed E-state index contributed by atoms with van der Waals surface area (Å²) < 4.78 is 0. The van der Waals surface area contributed by atoms with Crippen LogP contribution in [0.25, 0.3) is 10.8 Å². The average Bonchev–Trinajstić information content (AvgIpc) is 2.47. The molecule has 22 heavy (non-hydrogen) atoms. The molecule has 0 aliphatic rings. The van der Waals surface area contributed by atoms with Crippen molar-refractivity contribution in [2.24, 2.45) is 0 Å². The number of hydrogen-bond acceptors (Lipinski definition) is 2. The van der Waals surface area contributed by atoms with E-state index in [0.717, 1.165) is 22.0 Å². The molecule has 3 N–H and O–H groups in total. The number of urea groups is 1. The van der Waals surface area contributed by atoms with Crippen molar-refractivity contribution in [3.63, 3.8) is 0 Å². The molecule has 0 aliphatic carbocycles. The molecule has 0 saturated heterocycles. The van der Waals surface area contributed by atoms with Gasteiger partial charge in [0.25, 0.3) is 0 Å². The van der Waals surface area contributed by atoms with Gasteiger partial charge in [-0.1, -0.05) is 24.3 Å². The molecule has 0 unspecified atom stereocenters. The van der Waals surface area contributed by atoms with Gasteiger partial charge in [-0.2, -0.15) is 0 Å². The van der Waals surface area contributed by atoms with E-state index in [4.69, 9.17) is 0 Å². The Balaban J connectivity index is 1.82. The van der Waals surface area contributed by atoms with Gasteiger partial charge in [0.15, 0.2) is 0 Å². The first kappa shape index (κ1) is 13.9. The van der Waals surface area contributed by atoms with Crippen molar-refractivity contribution in [1.29, 1.82) is 0 Å². The van der Waals surface area contributed by atoms with Crippen molar-refractivity contribution in [2.75, 3.05) is 10.6 Å². The molecule has 0 spiro atoms. The van der Waals surface area contributed by atoms with Gasteiger partial charge in [-0.3, -0.25) is 0 Å². The van der Waals surface area contributed by atoms with Crippen molar-refractivity contribution in [3.8, 4) is 5.75 Å². The highest BCUT2D eigenvalue weighted by molar-refractivity contribution is 6.06. The number of aryl methyl sites for hydroxylation is 1. The Morgan fingerprint density at radius 2 is 1.77 bits per heavy atom. The molecule has 0 bridgehead atoms. The lowest BCUT2D eigenvalue weighted by molar-refractivity contribution is 0.262. The summed E-state index contributed by atoms with van der Waals surface area (Å²) in [6.45, 7) is 1.97. The number of carbonyl (C=O) groups excluding carboxylic acids is 1. The third kappa shape index (κ3) is 3.01. The summed E-state index contributed by atoms with van der Waals surface area (Å²) in [5.74, 6) is 0.203. The summed E-state index contributed by atoms with van der Waals surface area (Å²) in [4.78, 5) is 12.1. The predicted octanol–water partition coefficient (Wildman–Crippen LogP) is 4.50. The van der Waals surface area contributed by atoms with E-state index in [9.17, 15) is 9.90 Å². The van der Waals surface area contributed by atoms with Crippen molar-refractivity contribution in [2.45, 2.75) is 6.92 Å². The third-order valence-corrected chi connectivity index (χ3v) is 3.39. The Morgan fingerprint density at radius 1 is 0.955 bits per heavy atom. The summed E-state index contributed by atoms with van der Waals surface area (Å²) in [6.07, 6.45) is 0. The largest absolute Gasteiger partial charge is 0.508 e. The minimum atomic E-state index is -0.300. The van der Waals surface area contributed by atoms with Crippen LogP contribution in [0, 0.1) is 6.92 Å². The molecular weight excluding hydrogens is 276 g/mol. The number of amides is 2. The number of benzene rings is 3. The van der Waals surface area contributed by atoms with Gasteiger partial charge in [0.05, 0.1) is 5.69 Å². The average molecular weight is 292 g/mol. The minimum absolute atomic E-state index is 0.203. The van der Waals surface area contributed by atoms with Crippen LogP contribution in [0.4, 0.5) is 16.2 Å². The molecule has 0 radical (unpaired) electrons. The highest BCUT2D eigenvalue weighted by Crippen LogP contribution is 2.26. The molecular formula is C18H16N2O2. The maximum Gasteiger partial charge on any atom is 0.323 e. The van der Waals surface area contributed by atoms with Crippen LogP contribution >= 0.6 is 0 Å². The summed E-state index contributed by atoms with van der Waals surface area (Å²) >= 11 is 0. The van der Waals surface area contributed by atoms with Gasteiger partial charge in [0.2, 0.25) is 0 Å². The molecule has 3 aromatic carbocycles. The molecule has 0 atom stereocenters.